The Kier molecular flexibility index (Phi) is 5.04. The number of pyridine rings is 2. The van der Waals surface area contributed by atoms with E-state index in [1.807, 2.05) is 25.3 Å². The molecule has 3 aromatic heterocycles. The number of nitrogens with zero attached hydrogens (tertiary/aromatic N) is 3. The predicted octanol–water partition coefficient (Wildman–Crippen LogP) is 2.28. The Balaban J connectivity index is 1.29. The highest BCUT2D eigenvalue weighted by Gasteiger charge is 2.25. The lowest BCUT2D eigenvalue weighted by Gasteiger charge is -2.30. The number of piperazine rings is 1. The van der Waals surface area contributed by atoms with Gasteiger partial charge in [0.25, 0.3) is 5.91 Å². The van der Waals surface area contributed by atoms with E-state index in [1.54, 1.807) is 0 Å². The number of thiophene rings is 1. The maximum absolute atomic E-state index is 12.9. The molecule has 156 valence electrons. The van der Waals surface area contributed by atoms with Crippen LogP contribution in [-0.4, -0.2) is 48.1 Å². The second-order valence-corrected chi connectivity index (χ2v) is 9.11. The van der Waals surface area contributed by atoms with Crippen molar-refractivity contribution in [3.05, 3.63) is 46.1 Å². The average molecular weight is 423 g/mol. The van der Waals surface area contributed by atoms with E-state index in [2.05, 4.69) is 26.6 Å². The summed E-state index contributed by atoms with van der Waals surface area (Å²) in [5, 5.41) is 7.42. The molecule has 2 aliphatic rings. The quantitative estimate of drug-likeness (QED) is 0.599. The minimum Gasteiger partial charge on any atom is -0.397 e. The molecule has 0 bridgehead atoms. The highest BCUT2D eigenvalue weighted by Crippen LogP contribution is 2.33. The zero-order valence-electron chi connectivity index (χ0n) is 17.1. The molecule has 0 radical (unpaired) electrons. The highest BCUT2D eigenvalue weighted by atomic mass is 32.1. The Morgan fingerprint density at radius 2 is 2.13 bits per heavy atom. The summed E-state index contributed by atoms with van der Waals surface area (Å²) in [6.07, 6.45) is 4.67. The van der Waals surface area contributed by atoms with Crippen molar-refractivity contribution in [3.63, 3.8) is 0 Å². The summed E-state index contributed by atoms with van der Waals surface area (Å²) in [6.45, 7) is 5.94. The molecule has 0 saturated carbocycles. The maximum atomic E-state index is 12.9. The number of carbonyl (C=O) groups excluding carboxylic acids is 1. The number of hydrogen-bond acceptors (Lipinski definition) is 7. The molecule has 0 aromatic carbocycles. The Morgan fingerprint density at radius 1 is 1.30 bits per heavy atom. The van der Waals surface area contributed by atoms with Gasteiger partial charge in [-0.15, -0.1) is 11.3 Å². The molecular weight excluding hydrogens is 396 g/mol. The molecule has 4 heterocycles. The van der Waals surface area contributed by atoms with Crippen molar-refractivity contribution in [2.75, 3.05) is 36.8 Å². The summed E-state index contributed by atoms with van der Waals surface area (Å²) in [5.74, 6) is 0.963. The number of rotatable bonds is 3. The van der Waals surface area contributed by atoms with Gasteiger partial charge >= 0.3 is 0 Å². The molecule has 3 aromatic rings. The standard InChI is InChI=1S/C22H26N6OS/c1-13-2-5-17-19(23)20(30-22(17)26-13)21(29)27-16-4-3-14-11-18(25-12-15(14)10-16)28-8-6-24-7-9-28/h2,5,11-12,16,24H,3-4,6-10,23H2,1H3,(H,27,29)/t16-/m1/s1. The number of nitrogen functional groups attached to an aromatic ring is 1. The third-order valence-electron chi connectivity index (χ3n) is 6.01. The average Bonchev–Trinajstić information content (AvgIpc) is 3.09. The maximum Gasteiger partial charge on any atom is 0.263 e. The molecule has 7 nitrogen and oxygen atoms in total. The van der Waals surface area contributed by atoms with Gasteiger partial charge in [0, 0.05) is 49.5 Å². The Bertz CT molecular complexity index is 1100. The van der Waals surface area contributed by atoms with Gasteiger partial charge in [0.05, 0.1) is 5.69 Å². The molecule has 1 aliphatic heterocycles. The minimum absolute atomic E-state index is 0.0937. The van der Waals surface area contributed by atoms with Gasteiger partial charge in [-0.1, -0.05) is 0 Å². The van der Waals surface area contributed by atoms with Crippen LogP contribution in [0.2, 0.25) is 0 Å². The molecule has 0 spiro atoms. The van der Waals surface area contributed by atoms with Crippen LogP contribution >= 0.6 is 11.3 Å². The fourth-order valence-electron chi connectivity index (χ4n) is 4.33. The molecule has 8 heteroatoms. The summed E-state index contributed by atoms with van der Waals surface area (Å²) in [6, 6.07) is 6.19. The lowest BCUT2D eigenvalue weighted by atomic mass is 9.89. The van der Waals surface area contributed by atoms with E-state index in [1.165, 1.54) is 22.5 Å². The van der Waals surface area contributed by atoms with Gasteiger partial charge in [0.1, 0.15) is 15.5 Å². The number of nitrogens with one attached hydrogen (secondary N) is 2. The van der Waals surface area contributed by atoms with Crippen LogP contribution in [-0.2, 0) is 12.8 Å². The molecule has 5 rings (SSSR count). The van der Waals surface area contributed by atoms with Gasteiger partial charge in [-0.3, -0.25) is 4.79 Å². The van der Waals surface area contributed by atoms with Crippen molar-refractivity contribution in [3.8, 4) is 0 Å². The van der Waals surface area contributed by atoms with Crippen molar-refractivity contribution in [2.24, 2.45) is 0 Å². The van der Waals surface area contributed by atoms with E-state index in [0.717, 1.165) is 67.2 Å². The van der Waals surface area contributed by atoms with E-state index in [9.17, 15) is 4.79 Å². The minimum atomic E-state index is -0.105. The normalized spacial score (nSPS) is 19.0. The van der Waals surface area contributed by atoms with Crippen molar-refractivity contribution >= 4 is 39.0 Å². The Labute approximate surface area is 179 Å². The van der Waals surface area contributed by atoms with Crippen LogP contribution in [0, 0.1) is 6.92 Å². The van der Waals surface area contributed by atoms with Crippen LogP contribution in [0.5, 0.6) is 0 Å². The third kappa shape index (κ3) is 3.61. The van der Waals surface area contributed by atoms with Crippen LogP contribution in [0.25, 0.3) is 10.2 Å². The van der Waals surface area contributed by atoms with Gasteiger partial charge in [0.2, 0.25) is 0 Å². The van der Waals surface area contributed by atoms with Crippen molar-refractivity contribution in [1.29, 1.82) is 0 Å². The number of aryl methyl sites for hydroxylation is 2. The lowest BCUT2D eigenvalue weighted by molar-refractivity contribution is 0.0938. The summed E-state index contributed by atoms with van der Waals surface area (Å²) in [7, 11) is 0. The molecule has 1 aliphatic carbocycles. The first-order chi connectivity index (χ1) is 14.6. The zero-order valence-corrected chi connectivity index (χ0v) is 17.9. The number of anilines is 2. The van der Waals surface area contributed by atoms with Crippen LogP contribution in [0.15, 0.2) is 24.4 Å². The van der Waals surface area contributed by atoms with E-state index in [-0.39, 0.29) is 11.9 Å². The summed E-state index contributed by atoms with van der Waals surface area (Å²) >= 11 is 1.37. The molecular formula is C22H26N6OS. The molecule has 1 fully saturated rings. The van der Waals surface area contributed by atoms with E-state index < -0.39 is 0 Å². The SMILES string of the molecule is Cc1ccc2c(N)c(C(=O)N[C@@H]3CCc4cc(N5CCNCC5)ncc4C3)sc2n1. The van der Waals surface area contributed by atoms with Crippen molar-refractivity contribution < 1.29 is 4.79 Å². The van der Waals surface area contributed by atoms with Crippen LogP contribution in [0.3, 0.4) is 0 Å². The van der Waals surface area contributed by atoms with Crippen LogP contribution in [0.4, 0.5) is 11.5 Å². The second kappa shape index (κ2) is 7.85. The Hall–Kier alpha value is -2.71. The Morgan fingerprint density at radius 3 is 2.97 bits per heavy atom. The number of nitrogens with two attached hydrogens (primary N) is 1. The fraction of sp³-hybridized carbons (Fsp3) is 0.409. The van der Waals surface area contributed by atoms with Gasteiger partial charge in [-0.05, 0) is 55.5 Å². The van der Waals surface area contributed by atoms with E-state index >= 15 is 0 Å². The van der Waals surface area contributed by atoms with Gasteiger partial charge in [-0.25, -0.2) is 9.97 Å². The summed E-state index contributed by atoms with van der Waals surface area (Å²) < 4.78 is 0. The molecule has 0 unspecified atom stereocenters. The highest BCUT2D eigenvalue weighted by molar-refractivity contribution is 7.21. The molecule has 1 atom stereocenters. The zero-order chi connectivity index (χ0) is 20.7. The fourth-order valence-corrected chi connectivity index (χ4v) is 5.37. The van der Waals surface area contributed by atoms with E-state index in [4.69, 9.17) is 10.7 Å². The smallest absolute Gasteiger partial charge is 0.263 e. The number of hydrogen-bond donors (Lipinski definition) is 3. The number of carbonyl (C=O) groups is 1. The second-order valence-electron chi connectivity index (χ2n) is 8.11. The molecule has 4 N–H and O–H groups in total. The number of amides is 1. The van der Waals surface area contributed by atoms with Gasteiger partial charge in [0.15, 0.2) is 0 Å². The lowest BCUT2D eigenvalue weighted by Crippen LogP contribution is -2.44. The van der Waals surface area contributed by atoms with E-state index in [0.29, 0.717) is 10.6 Å². The number of fused-ring (bicyclic) bond motifs is 2. The molecule has 1 amide bonds. The predicted molar refractivity (Wildman–Crippen MR) is 121 cm³/mol. The molecule has 30 heavy (non-hydrogen) atoms. The van der Waals surface area contributed by atoms with Crippen molar-refractivity contribution in [2.45, 2.75) is 32.2 Å². The summed E-state index contributed by atoms with van der Waals surface area (Å²) in [4.78, 5) is 25.8. The topological polar surface area (TPSA) is 96.2 Å². The first-order valence-corrected chi connectivity index (χ1v) is 11.3. The first-order valence-electron chi connectivity index (χ1n) is 10.5. The molecule has 1 saturated heterocycles. The van der Waals surface area contributed by atoms with Crippen LogP contribution in [0.1, 0.15) is 32.9 Å². The van der Waals surface area contributed by atoms with Crippen LogP contribution < -0.4 is 21.3 Å². The first kappa shape index (κ1) is 19.3. The van der Waals surface area contributed by atoms with Gasteiger partial charge in [-0.2, -0.15) is 0 Å². The largest absolute Gasteiger partial charge is 0.397 e. The van der Waals surface area contributed by atoms with Gasteiger partial charge < -0.3 is 21.3 Å². The van der Waals surface area contributed by atoms with Crippen molar-refractivity contribution in [1.82, 2.24) is 20.6 Å². The third-order valence-corrected chi connectivity index (χ3v) is 7.13. The summed E-state index contributed by atoms with van der Waals surface area (Å²) in [5.41, 5.74) is 10.3. The number of aromatic nitrogens is 2. The monoisotopic (exact) mass is 422 g/mol.